The zero-order chi connectivity index (χ0) is 28.3. The smallest absolute Gasteiger partial charge is 0.245 e. The molecule has 2 fully saturated rings. The molecule has 9 nitrogen and oxygen atoms in total. The van der Waals surface area contributed by atoms with Gasteiger partial charge in [-0.15, -0.1) is 0 Å². The van der Waals surface area contributed by atoms with Crippen LogP contribution in [-0.2, 0) is 31.0 Å². The summed E-state index contributed by atoms with van der Waals surface area (Å²) in [5.74, 6) is -0.449. The molecule has 0 spiro atoms. The summed E-state index contributed by atoms with van der Waals surface area (Å²) in [5, 5.41) is 3.94. The maximum absolute atomic E-state index is 14.0. The molecule has 0 aliphatic carbocycles. The number of piperidine rings is 1. The number of fused-ring (bicyclic) bond motifs is 1. The molecule has 40 heavy (non-hydrogen) atoms. The molecule has 3 amide bonds. The van der Waals surface area contributed by atoms with Crippen LogP contribution in [0.15, 0.2) is 60.8 Å². The zero-order valence-electron chi connectivity index (χ0n) is 23.3. The second kappa shape index (κ2) is 11.4. The molecule has 0 saturated carbocycles. The van der Waals surface area contributed by atoms with E-state index in [2.05, 4.69) is 10.3 Å². The summed E-state index contributed by atoms with van der Waals surface area (Å²) < 4.78 is 5.48. The summed E-state index contributed by atoms with van der Waals surface area (Å²) in [5.41, 5.74) is 7.14. The van der Waals surface area contributed by atoms with Crippen LogP contribution >= 0.6 is 0 Å². The lowest BCUT2D eigenvalue weighted by Crippen LogP contribution is -2.60. The monoisotopic (exact) mass is 545 g/mol. The normalized spacial score (nSPS) is 18.4. The fourth-order valence-corrected chi connectivity index (χ4v) is 5.85. The van der Waals surface area contributed by atoms with Crippen LogP contribution in [0.25, 0.3) is 10.9 Å². The number of nitrogens with two attached hydrogens (primary N) is 1. The van der Waals surface area contributed by atoms with Gasteiger partial charge in [-0.25, -0.2) is 0 Å². The minimum absolute atomic E-state index is 0.0997. The summed E-state index contributed by atoms with van der Waals surface area (Å²) in [6.45, 7) is 6.30. The van der Waals surface area contributed by atoms with Gasteiger partial charge in [0.25, 0.3) is 0 Å². The molecule has 1 aromatic heterocycles. The van der Waals surface area contributed by atoms with Crippen molar-refractivity contribution in [3.05, 3.63) is 71.9 Å². The molecular weight excluding hydrogens is 506 g/mol. The van der Waals surface area contributed by atoms with Gasteiger partial charge in [-0.05, 0) is 43.9 Å². The molecule has 0 bridgehead atoms. The minimum Gasteiger partial charge on any atom is -0.378 e. The lowest BCUT2D eigenvalue weighted by molar-refractivity contribution is -0.147. The van der Waals surface area contributed by atoms with Crippen LogP contribution < -0.4 is 11.1 Å². The van der Waals surface area contributed by atoms with Crippen molar-refractivity contribution < 1.29 is 19.1 Å². The third kappa shape index (κ3) is 5.62. The Kier molecular flexibility index (Phi) is 7.96. The summed E-state index contributed by atoms with van der Waals surface area (Å²) >= 11 is 0. The number of aromatic amines is 1. The number of nitrogens with one attached hydrogen (secondary N) is 2. The molecule has 5 rings (SSSR count). The SMILES string of the molecule is CC(C)(N)C(=O)NC(Cc1c[nH]c2ccccc12)C(=O)N1CCC(C(=O)N2CCOCC2)(c2ccccc2)CC1. The van der Waals surface area contributed by atoms with E-state index in [9.17, 15) is 14.4 Å². The van der Waals surface area contributed by atoms with Crippen molar-refractivity contribution in [3.8, 4) is 0 Å². The fraction of sp³-hybridized carbons (Fsp3) is 0.452. The number of rotatable bonds is 7. The van der Waals surface area contributed by atoms with Crippen molar-refractivity contribution in [1.82, 2.24) is 20.1 Å². The molecule has 2 aromatic carbocycles. The van der Waals surface area contributed by atoms with Crippen LogP contribution in [0.2, 0.25) is 0 Å². The lowest BCUT2D eigenvalue weighted by Gasteiger charge is -2.45. The highest BCUT2D eigenvalue weighted by molar-refractivity contribution is 5.93. The zero-order valence-corrected chi connectivity index (χ0v) is 23.3. The second-order valence-corrected chi connectivity index (χ2v) is 11.5. The second-order valence-electron chi connectivity index (χ2n) is 11.5. The molecule has 2 saturated heterocycles. The molecule has 212 valence electrons. The van der Waals surface area contributed by atoms with Gasteiger partial charge in [0.2, 0.25) is 17.7 Å². The number of carbonyl (C=O) groups excluding carboxylic acids is 3. The van der Waals surface area contributed by atoms with Crippen LogP contribution in [0.5, 0.6) is 0 Å². The van der Waals surface area contributed by atoms with Crippen LogP contribution in [0.3, 0.4) is 0 Å². The molecule has 2 aliphatic heterocycles. The van der Waals surface area contributed by atoms with E-state index in [1.54, 1.807) is 18.7 Å². The van der Waals surface area contributed by atoms with Gasteiger partial charge in [0.15, 0.2) is 0 Å². The first-order chi connectivity index (χ1) is 19.2. The van der Waals surface area contributed by atoms with Crippen LogP contribution in [0.1, 0.15) is 37.8 Å². The highest BCUT2D eigenvalue weighted by atomic mass is 16.5. The van der Waals surface area contributed by atoms with E-state index in [-0.39, 0.29) is 17.7 Å². The molecule has 9 heteroatoms. The first kappa shape index (κ1) is 27.9. The van der Waals surface area contributed by atoms with Crippen LogP contribution in [0.4, 0.5) is 0 Å². The number of ether oxygens (including phenoxy) is 1. The number of nitrogens with zero attached hydrogens (tertiary/aromatic N) is 2. The molecule has 0 radical (unpaired) electrons. The first-order valence-electron chi connectivity index (χ1n) is 14.1. The van der Waals surface area contributed by atoms with E-state index in [1.807, 2.05) is 65.7 Å². The van der Waals surface area contributed by atoms with Crippen molar-refractivity contribution in [2.24, 2.45) is 5.73 Å². The van der Waals surface area contributed by atoms with Gasteiger partial charge in [-0.2, -0.15) is 0 Å². The van der Waals surface area contributed by atoms with Gasteiger partial charge in [0.05, 0.1) is 24.2 Å². The van der Waals surface area contributed by atoms with Crippen molar-refractivity contribution in [2.45, 2.75) is 50.1 Å². The van der Waals surface area contributed by atoms with Crippen LogP contribution in [-0.4, -0.2) is 83.5 Å². The van der Waals surface area contributed by atoms with E-state index >= 15 is 0 Å². The fourth-order valence-electron chi connectivity index (χ4n) is 5.85. The molecule has 3 heterocycles. The van der Waals surface area contributed by atoms with E-state index in [1.165, 1.54) is 0 Å². The highest BCUT2D eigenvalue weighted by Gasteiger charge is 2.46. The van der Waals surface area contributed by atoms with Gasteiger partial charge < -0.3 is 30.6 Å². The van der Waals surface area contributed by atoms with Gasteiger partial charge >= 0.3 is 0 Å². The number of amides is 3. The maximum Gasteiger partial charge on any atom is 0.245 e. The van der Waals surface area contributed by atoms with Gasteiger partial charge in [-0.1, -0.05) is 48.5 Å². The number of benzene rings is 2. The van der Waals surface area contributed by atoms with Crippen LogP contribution in [0, 0.1) is 0 Å². The maximum atomic E-state index is 14.0. The van der Waals surface area contributed by atoms with Gasteiger partial charge in [0, 0.05) is 49.7 Å². The van der Waals surface area contributed by atoms with E-state index in [0.29, 0.717) is 58.7 Å². The van der Waals surface area contributed by atoms with Gasteiger partial charge in [0.1, 0.15) is 6.04 Å². The Morgan fingerprint density at radius 2 is 1.62 bits per heavy atom. The van der Waals surface area contributed by atoms with Crippen molar-refractivity contribution in [1.29, 1.82) is 0 Å². The van der Waals surface area contributed by atoms with Crippen molar-refractivity contribution >= 4 is 28.6 Å². The molecule has 1 unspecified atom stereocenters. The number of aromatic nitrogens is 1. The predicted octanol–water partition coefficient (Wildman–Crippen LogP) is 2.35. The molecular formula is C31H39N5O4. The first-order valence-corrected chi connectivity index (χ1v) is 14.1. The number of carbonyl (C=O) groups is 3. The Bertz CT molecular complexity index is 1350. The standard InChI is InChI=1S/C31H39N5O4/c1-30(2,32)28(38)34-26(20-22-21-33-25-11-7-6-10-24(22)25)27(37)35-14-12-31(13-15-35,23-8-4-3-5-9-23)29(39)36-16-18-40-19-17-36/h3-11,21,26,33H,12-20,32H2,1-2H3,(H,34,38). The number of hydrogen-bond donors (Lipinski definition) is 3. The summed E-state index contributed by atoms with van der Waals surface area (Å²) in [6.07, 6.45) is 3.24. The summed E-state index contributed by atoms with van der Waals surface area (Å²) in [7, 11) is 0. The number of morpholine rings is 1. The Hall–Kier alpha value is -3.69. The van der Waals surface area contributed by atoms with E-state index in [0.717, 1.165) is 22.0 Å². The number of H-pyrrole nitrogens is 1. The Labute approximate surface area is 235 Å². The highest BCUT2D eigenvalue weighted by Crippen LogP contribution is 2.38. The molecule has 3 aromatic rings. The predicted molar refractivity (Wildman–Crippen MR) is 154 cm³/mol. The quantitative estimate of drug-likeness (QED) is 0.421. The molecule has 4 N–H and O–H groups in total. The molecule has 2 aliphatic rings. The van der Waals surface area contributed by atoms with E-state index in [4.69, 9.17) is 10.5 Å². The number of likely N-dealkylation sites (tertiary alicyclic amines) is 1. The number of hydrogen-bond acceptors (Lipinski definition) is 5. The Balaban J connectivity index is 1.38. The minimum atomic E-state index is -1.13. The summed E-state index contributed by atoms with van der Waals surface area (Å²) in [6, 6.07) is 17.0. The van der Waals surface area contributed by atoms with Gasteiger partial charge in [-0.3, -0.25) is 14.4 Å². The van der Waals surface area contributed by atoms with Crippen molar-refractivity contribution in [3.63, 3.8) is 0 Å². The summed E-state index contributed by atoms with van der Waals surface area (Å²) in [4.78, 5) is 47.8. The lowest BCUT2D eigenvalue weighted by atomic mass is 9.71. The Morgan fingerprint density at radius 1 is 0.975 bits per heavy atom. The third-order valence-electron chi connectivity index (χ3n) is 8.25. The average molecular weight is 546 g/mol. The number of para-hydroxylation sites is 1. The van der Waals surface area contributed by atoms with Crippen molar-refractivity contribution in [2.75, 3.05) is 39.4 Å². The average Bonchev–Trinajstić information content (AvgIpc) is 3.39. The largest absolute Gasteiger partial charge is 0.378 e. The third-order valence-corrected chi connectivity index (χ3v) is 8.25. The Morgan fingerprint density at radius 3 is 2.30 bits per heavy atom. The van der Waals surface area contributed by atoms with E-state index < -0.39 is 17.0 Å². The molecule has 1 atom stereocenters. The topological polar surface area (TPSA) is 121 Å².